The number of carbonyl (C=O) groups excluding carboxylic acids is 1. The van der Waals surface area contributed by atoms with Crippen LogP contribution in [-0.4, -0.2) is 47.8 Å². The Morgan fingerprint density at radius 2 is 1.84 bits per heavy atom. The van der Waals surface area contributed by atoms with E-state index in [0.717, 1.165) is 12.1 Å². The first-order chi connectivity index (χ1) is 17.8. The topological polar surface area (TPSA) is 88.5 Å². The molecule has 0 saturated carbocycles. The summed E-state index contributed by atoms with van der Waals surface area (Å²) in [6.45, 7) is 3.20. The maximum atomic E-state index is 13.6. The normalized spacial score (nSPS) is 10.8. The monoisotopic (exact) mass is 517 g/mol. The van der Waals surface area contributed by atoms with Crippen LogP contribution in [0, 0.1) is 6.92 Å². The van der Waals surface area contributed by atoms with Crippen molar-refractivity contribution in [1.82, 2.24) is 20.0 Å². The van der Waals surface area contributed by atoms with Crippen molar-refractivity contribution >= 4 is 28.9 Å². The Balaban J connectivity index is 1.70. The Labute approximate surface area is 220 Å². The van der Waals surface area contributed by atoms with Gasteiger partial charge in [-0.05, 0) is 75.1 Å². The molecule has 0 fully saturated rings. The molecule has 1 aromatic heterocycles. The van der Waals surface area contributed by atoms with E-state index in [0.29, 0.717) is 34.3 Å². The van der Waals surface area contributed by atoms with Gasteiger partial charge in [-0.3, -0.25) is 9.59 Å². The fourth-order valence-corrected chi connectivity index (χ4v) is 3.79. The van der Waals surface area contributed by atoms with Crippen molar-refractivity contribution < 1.29 is 9.53 Å². The van der Waals surface area contributed by atoms with Crippen LogP contribution < -0.4 is 20.9 Å². The summed E-state index contributed by atoms with van der Waals surface area (Å²) in [6.07, 6.45) is 1.48. The number of nitrogens with one attached hydrogen (secondary N) is 2. The summed E-state index contributed by atoms with van der Waals surface area (Å²) < 4.78 is 7.31. The van der Waals surface area contributed by atoms with Crippen molar-refractivity contribution in [1.29, 1.82) is 0 Å². The largest absolute Gasteiger partial charge is 0.453 e. The zero-order valence-corrected chi connectivity index (χ0v) is 21.6. The summed E-state index contributed by atoms with van der Waals surface area (Å²) in [5, 5.41) is 10.8. The maximum Gasteiger partial charge on any atom is 0.299 e. The first kappa shape index (κ1) is 25.9. The van der Waals surface area contributed by atoms with E-state index in [1.807, 2.05) is 44.1 Å². The second-order valence-electron chi connectivity index (χ2n) is 8.76. The molecule has 0 bridgehead atoms. The molecule has 190 valence electrons. The summed E-state index contributed by atoms with van der Waals surface area (Å²) in [5.74, 6) is 0.612. The molecule has 4 rings (SSSR count). The van der Waals surface area contributed by atoms with Gasteiger partial charge >= 0.3 is 0 Å². The molecule has 37 heavy (non-hydrogen) atoms. The first-order valence-corrected chi connectivity index (χ1v) is 12.1. The first-order valence-electron chi connectivity index (χ1n) is 11.7. The highest BCUT2D eigenvalue weighted by molar-refractivity contribution is 6.30. The predicted octanol–water partition coefficient (Wildman–Crippen LogP) is 5.02. The Morgan fingerprint density at radius 3 is 2.59 bits per heavy atom. The van der Waals surface area contributed by atoms with Gasteiger partial charge in [0.05, 0.1) is 11.9 Å². The lowest BCUT2D eigenvalue weighted by Crippen LogP contribution is -2.31. The average Bonchev–Trinajstić information content (AvgIpc) is 2.86. The summed E-state index contributed by atoms with van der Waals surface area (Å²) in [5.41, 5.74) is 2.27. The van der Waals surface area contributed by atoms with Gasteiger partial charge in [0.15, 0.2) is 11.4 Å². The number of benzene rings is 3. The number of likely N-dealkylation sites (N-methyl/N-ethyl adjacent to an activating group) is 1. The fraction of sp³-hybridized carbons (Fsp3) is 0.179. The Morgan fingerprint density at radius 1 is 1.05 bits per heavy atom. The minimum absolute atomic E-state index is 0.168. The third-order valence-corrected chi connectivity index (χ3v) is 5.69. The fourth-order valence-electron chi connectivity index (χ4n) is 3.61. The van der Waals surface area contributed by atoms with Gasteiger partial charge in [-0.25, -0.2) is 0 Å². The average molecular weight is 518 g/mol. The molecule has 0 unspecified atom stereocenters. The van der Waals surface area contributed by atoms with Crippen LogP contribution >= 0.6 is 11.6 Å². The molecule has 2 N–H and O–H groups in total. The molecule has 0 saturated heterocycles. The predicted molar refractivity (Wildman–Crippen MR) is 147 cm³/mol. The van der Waals surface area contributed by atoms with Crippen LogP contribution in [0.5, 0.6) is 11.5 Å². The molecule has 0 radical (unpaired) electrons. The molecule has 8 nitrogen and oxygen atoms in total. The molecular formula is C28H28ClN5O3. The summed E-state index contributed by atoms with van der Waals surface area (Å²) in [4.78, 5) is 28.2. The van der Waals surface area contributed by atoms with Crippen molar-refractivity contribution in [3.05, 3.63) is 105 Å². The number of rotatable bonds is 9. The van der Waals surface area contributed by atoms with Gasteiger partial charge in [0.1, 0.15) is 5.75 Å². The molecule has 1 heterocycles. The van der Waals surface area contributed by atoms with Crippen LogP contribution in [0.1, 0.15) is 15.9 Å². The van der Waals surface area contributed by atoms with E-state index in [1.54, 1.807) is 54.6 Å². The molecule has 4 aromatic rings. The summed E-state index contributed by atoms with van der Waals surface area (Å²) in [7, 11) is 3.88. The second kappa shape index (κ2) is 11.7. The van der Waals surface area contributed by atoms with Crippen LogP contribution in [0.2, 0.25) is 5.02 Å². The number of halogens is 1. The molecule has 0 aliphatic carbocycles. The number of aromatic nitrogens is 2. The van der Waals surface area contributed by atoms with E-state index in [1.165, 1.54) is 10.9 Å². The smallest absolute Gasteiger partial charge is 0.299 e. The Hall–Kier alpha value is -4.14. The lowest BCUT2D eigenvalue weighted by Gasteiger charge is -2.15. The lowest BCUT2D eigenvalue weighted by atomic mass is 10.2. The number of anilines is 2. The molecule has 3 aromatic carbocycles. The molecule has 0 aliphatic heterocycles. The van der Waals surface area contributed by atoms with Crippen molar-refractivity contribution in [2.45, 2.75) is 6.92 Å². The second-order valence-corrected chi connectivity index (χ2v) is 9.20. The molecule has 0 spiro atoms. The quantitative estimate of drug-likeness (QED) is 0.324. The van der Waals surface area contributed by atoms with E-state index in [-0.39, 0.29) is 17.3 Å². The van der Waals surface area contributed by atoms with E-state index in [4.69, 9.17) is 16.3 Å². The third-order valence-electron chi connectivity index (χ3n) is 5.45. The van der Waals surface area contributed by atoms with Gasteiger partial charge in [-0.1, -0.05) is 35.9 Å². The zero-order valence-electron chi connectivity index (χ0n) is 20.9. The molecule has 0 aliphatic rings. The van der Waals surface area contributed by atoms with Crippen molar-refractivity contribution in [2.24, 2.45) is 0 Å². The van der Waals surface area contributed by atoms with Gasteiger partial charge in [0.25, 0.3) is 11.5 Å². The SMILES string of the molecule is Cc1cccc(Oc2cnn(-c3cccc(Cl)c3)c(=O)c2Nc2cccc(C(=O)NCCN(C)C)c2)c1. The number of ether oxygens (including phenoxy) is 1. The van der Waals surface area contributed by atoms with E-state index < -0.39 is 5.56 Å². The number of hydrogen-bond acceptors (Lipinski definition) is 6. The summed E-state index contributed by atoms with van der Waals surface area (Å²) >= 11 is 6.15. The van der Waals surface area contributed by atoms with Crippen molar-refractivity contribution in [3.8, 4) is 17.2 Å². The highest BCUT2D eigenvalue weighted by Crippen LogP contribution is 2.29. The number of aryl methyl sites for hydroxylation is 1. The molecule has 0 atom stereocenters. The van der Waals surface area contributed by atoms with Crippen LogP contribution in [-0.2, 0) is 0 Å². The standard InChI is InChI=1S/C28H28ClN5O3/c1-19-7-4-12-24(15-19)37-25-18-31-34(23-11-6-9-21(29)17-23)28(36)26(25)32-22-10-5-8-20(16-22)27(35)30-13-14-33(2)3/h4-12,15-18,32H,13-14H2,1-3H3,(H,30,35). The highest BCUT2D eigenvalue weighted by atomic mass is 35.5. The van der Waals surface area contributed by atoms with Crippen LogP contribution in [0.25, 0.3) is 5.69 Å². The molecule has 1 amide bonds. The van der Waals surface area contributed by atoms with Crippen LogP contribution in [0.3, 0.4) is 0 Å². The minimum Gasteiger partial charge on any atom is -0.453 e. The number of amides is 1. The number of nitrogens with zero attached hydrogens (tertiary/aromatic N) is 3. The Kier molecular flexibility index (Phi) is 8.22. The lowest BCUT2D eigenvalue weighted by molar-refractivity contribution is 0.0951. The molecular weight excluding hydrogens is 490 g/mol. The zero-order chi connectivity index (χ0) is 26.4. The van der Waals surface area contributed by atoms with Crippen molar-refractivity contribution in [3.63, 3.8) is 0 Å². The van der Waals surface area contributed by atoms with Gasteiger partial charge in [-0.15, -0.1) is 0 Å². The van der Waals surface area contributed by atoms with Gasteiger partial charge in [-0.2, -0.15) is 9.78 Å². The van der Waals surface area contributed by atoms with Gasteiger partial charge in [0.2, 0.25) is 0 Å². The third kappa shape index (κ3) is 6.75. The number of carbonyl (C=O) groups is 1. The van der Waals surface area contributed by atoms with Crippen LogP contribution in [0.15, 0.2) is 83.8 Å². The van der Waals surface area contributed by atoms with E-state index in [9.17, 15) is 9.59 Å². The molecule has 9 heteroatoms. The van der Waals surface area contributed by atoms with E-state index >= 15 is 0 Å². The van der Waals surface area contributed by atoms with Gasteiger partial charge < -0.3 is 20.3 Å². The Bertz CT molecular complexity index is 1470. The van der Waals surface area contributed by atoms with Gasteiger partial charge in [0, 0.05) is 29.4 Å². The maximum absolute atomic E-state index is 13.6. The van der Waals surface area contributed by atoms with Crippen LogP contribution in [0.4, 0.5) is 11.4 Å². The number of hydrogen-bond donors (Lipinski definition) is 2. The summed E-state index contributed by atoms with van der Waals surface area (Å²) in [6, 6.07) is 21.3. The van der Waals surface area contributed by atoms with Crippen molar-refractivity contribution in [2.75, 3.05) is 32.5 Å². The van der Waals surface area contributed by atoms with E-state index in [2.05, 4.69) is 15.7 Å². The minimum atomic E-state index is -0.437. The highest BCUT2D eigenvalue weighted by Gasteiger charge is 2.16.